The van der Waals surface area contributed by atoms with Crippen LogP contribution in [0.5, 0.6) is 0 Å². The summed E-state index contributed by atoms with van der Waals surface area (Å²) in [5.74, 6) is 0. The second-order valence-electron chi connectivity index (χ2n) is 8.91. The Bertz CT molecular complexity index is 685. The molecule has 0 atom stereocenters. The van der Waals surface area contributed by atoms with Crippen LogP contribution in [0.15, 0.2) is 7.57 Å². The van der Waals surface area contributed by atoms with E-state index in [1.807, 2.05) is 0 Å². The molecule has 0 amide bonds. The number of nitrogens with zero attached hydrogens (tertiary/aromatic N) is 2. The highest BCUT2D eigenvalue weighted by atomic mass is 79.9. The molecule has 2 aromatic rings. The average molecular weight is 575 g/mol. The third kappa shape index (κ3) is 10.2. The van der Waals surface area contributed by atoms with Gasteiger partial charge in [0.1, 0.15) is 11.0 Å². The van der Waals surface area contributed by atoms with Gasteiger partial charge in [0.2, 0.25) is 0 Å². The Balaban J connectivity index is 1.84. The first-order chi connectivity index (χ1) is 15.2. The van der Waals surface area contributed by atoms with Crippen molar-refractivity contribution in [3.63, 3.8) is 0 Å². The number of hydrogen-bond donors (Lipinski definition) is 0. The van der Waals surface area contributed by atoms with Gasteiger partial charge in [-0.15, -0.1) is 11.3 Å². The molecule has 0 saturated heterocycles. The highest BCUT2D eigenvalue weighted by Crippen LogP contribution is 2.37. The molecule has 0 spiro atoms. The van der Waals surface area contributed by atoms with Crippen molar-refractivity contribution in [2.24, 2.45) is 0 Å². The predicted molar refractivity (Wildman–Crippen MR) is 145 cm³/mol. The van der Waals surface area contributed by atoms with Gasteiger partial charge in [0.25, 0.3) is 0 Å². The Hall–Kier alpha value is -0.000000000000000167. The number of thiophene rings is 1. The molecule has 0 aliphatic heterocycles. The molecule has 176 valence electrons. The predicted octanol–water partition coefficient (Wildman–Crippen LogP) is 10.6. The average Bonchev–Trinajstić information content (AvgIpc) is 3.04. The highest BCUT2D eigenvalue weighted by Gasteiger charge is 2.15. The highest BCUT2D eigenvalue weighted by molar-refractivity contribution is 9.12. The van der Waals surface area contributed by atoms with E-state index in [-0.39, 0.29) is 0 Å². The molecule has 0 aliphatic carbocycles. The largest absolute Gasteiger partial charge is 0.247 e. The summed E-state index contributed by atoms with van der Waals surface area (Å²) in [4.78, 5) is 10.1. The molecule has 31 heavy (non-hydrogen) atoms. The summed E-state index contributed by atoms with van der Waals surface area (Å²) in [6.07, 6.45) is 23.8. The van der Waals surface area contributed by atoms with Gasteiger partial charge in [-0.1, -0.05) is 104 Å². The lowest BCUT2D eigenvalue weighted by molar-refractivity contribution is 0.567. The monoisotopic (exact) mass is 572 g/mol. The molecule has 0 unspecified atom stereocenters. The van der Waals surface area contributed by atoms with Crippen molar-refractivity contribution in [2.75, 3.05) is 0 Å². The Morgan fingerprint density at radius 1 is 0.516 bits per heavy atom. The maximum absolute atomic E-state index is 5.07. The van der Waals surface area contributed by atoms with Crippen LogP contribution in [0.3, 0.4) is 0 Å². The summed E-state index contributed by atoms with van der Waals surface area (Å²) < 4.78 is 2.19. The van der Waals surface area contributed by atoms with Gasteiger partial charge in [0, 0.05) is 0 Å². The molecule has 5 heteroatoms. The van der Waals surface area contributed by atoms with Crippen molar-refractivity contribution in [3.8, 4) is 0 Å². The van der Waals surface area contributed by atoms with E-state index in [9.17, 15) is 0 Å². The number of aryl methyl sites for hydroxylation is 2. The summed E-state index contributed by atoms with van der Waals surface area (Å²) in [5, 5.41) is 0. The zero-order valence-corrected chi connectivity index (χ0v) is 23.8. The maximum Gasteiger partial charge on any atom is 0.115 e. The van der Waals surface area contributed by atoms with Crippen LogP contribution in [0.4, 0.5) is 0 Å². The van der Waals surface area contributed by atoms with Crippen LogP contribution in [0.25, 0.3) is 11.0 Å². The molecule has 0 radical (unpaired) electrons. The van der Waals surface area contributed by atoms with Crippen molar-refractivity contribution < 1.29 is 0 Å². The Morgan fingerprint density at radius 3 is 1.19 bits per heavy atom. The minimum atomic E-state index is 1.03. The fraction of sp³-hybridized carbons (Fsp3) is 0.769. The van der Waals surface area contributed by atoms with Crippen molar-refractivity contribution in [2.45, 2.75) is 129 Å². The molecular formula is C26H42Br2N2S. The summed E-state index contributed by atoms with van der Waals surface area (Å²) >= 11 is 9.06. The Labute approximate surface area is 211 Å². The van der Waals surface area contributed by atoms with Crippen molar-refractivity contribution >= 4 is 54.2 Å². The lowest BCUT2D eigenvalue weighted by Gasteiger charge is -2.09. The number of unbranched alkanes of at least 4 members (excludes halogenated alkanes) is 14. The number of fused-ring (bicyclic) bond motifs is 1. The number of halogens is 2. The van der Waals surface area contributed by atoms with Crippen molar-refractivity contribution in [3.05, 3.63) is 19.0 Å². The number of rotatable bonds is 18. The van der Waals surface area contributed by atoms with Gasteiger partial charge in [-0.05, 0) is 57.5 Å². The van der Waals surface area contributed by atoms with E-state index in [2.05, 4.69) is 45.7 Å². The van der Waals surface area contributed by atoms with Crippen LogP contribution in [0.1, 0.15) is 128 Å². The summed E-state index contributed by atoms with van der Waals surface area (Å²) in [6, 6.07) is 0. The fourth-order valence-electron chi connectivity index (χ4n) is 4.21. The van der Waals surface area contributed by atoms with Crippen molar-refractivity contribution in [1.82, 2.24) is 9.97 Å². The molecule has 0 aliphatic rings. The van der Waals surface area contributed by atoms with Gasteiger partial charge in [-0.2, -0.15) is 0 Å². The van der Waals surface area contributed by atoms with E-state index in [0.717, 1.165) is 31.4 Å². The quantitative estimate of drug-likeness (QED) is 0.166. The number of hydrogen-bond acceptors (Lipinski definition) is 3. The third-order valence-electron chi connectivity index (χ3n) is 6.14. The first kappa shape index (κ1) is 27.2. The Kier molecular flexibility index (Phi) is 14.6. The van der Waals surface area contributed by atoms with Crippen molar-refractivity contribution in [1.29, 1.82) is 0 Å². The topological polar surface area (TPSA) is 25.8 Å². The zero-order chi connectivity index (χ0) is 22.3. The van der Waals surface area contributed by atoms with Crippen LogP contribution in [-0.4, -0.2) is 9.97 Å². The first-order valence-electron chi connectivity index (χ1n) is 12.8. The van der Waals surface area contributed by atoms with Crippen LogP contribution in [0, 0.1) is 0 Å². The van der Waals surface area contributed by atoms with E-state index in [1.165, 1.54) is 114 Å². The molecule has 2 nitrogen and oxygen atoms in total. The van der Waals surface area contributed by atoms with E-state index < -0.39 is 0 Å². The minimum Gasteiger partial charge on any atom is -0.247 e. The van der Waals surface area contributed by atoms with E-state index >= 15 is 0 Å². The SMILES string of the molecule is CCCCCCCCCCc1nc2c(Br)sc(Br)c2nc1CCCCCCCCCC. The molecule has 0 N–H and O–H groups in total. The number of aromatic nitrogens is 2. The van der Waals surface area contributed by atoms with Crippen LogP contribution in [-0.2, 0) is 12.8 Å². The van der Waals surface area contributed by atoms with Gasteiger partial charge in [0.05, 0.1) is 19.0 Å². The van der Waals surface area contributed by atoms with Crippen LogP contribution in [0.2, 0.25) is 0 Å². The van der Waals surface area contributed by atoms with Gasteiger partial charge in [-0.25, -0.2) is 9.97 Å². The normalized spacial score (nSPS) is 11.6. The molecule has 2 heterocycles. The first-order valence-corrected chi connectivity index (χ1v) is 15.2. The second-order valence-corrected chi connectivity index (χ2v) is 12.6. The smallest absolute Gasteiger partial charge is 0.115 e. The van der Waals surface area contributed by atoms with E-state index in [1.54, 1.807) is 11.3 Å². The fourth-order valence-corrected chi connectivity index (χ4v) is 7.02. The van der Waals surface area contributed by atoms with Gasteiger partial charge in [-0.3, -0.25) is 0 Å². The van der Waals surface area contributed by atoms with E-state index in [4.69, 9.17) is 9.97 Å². The van der Waals surface area contributed by atoms with Gasteiger partial charge in [0.15, 0.2) is 0 Å². The molecule has 0 saturated carbocycles. The summed E-state index contributed by atoms with van der Waals surface area (Å²) in [6.45, 7) is 4.57. The molecule has 0 aromatic carbocycles. The van der Waals surface area contributed by atoms with E-state index in [0.29, 0.717) is 0 Å². The molecule has 2 aromatic heterocycles. The van der Waals surface area contributed by atoms with Crippen LogP contribution < -0.4 is 0 Å². The maximum atomic E-state index is 5.07. The molecule has 0 fully saturated rings. The summed E-state index contributed by atoms with van der Waals surface area (Å²) in [7, 11) is 0. The van der Waals surface area contributed by atoms with Crippen LogP contribution >= 0.6 is 43.2 Å². The third-order valence-corrected chi connectivity index (χ3v) is 8.60. The Morgan fingerprint density at radius 2 is 0.839 bits per heavy atom. The lowest BCUT2D eigenvalue weighted by atomic mass is 10.0. The van der Waals surface area contributed by atoms with Gasteiger partial charge >= 0.3 is 0 Å². The van der Waals surface area contributed by atoms with Gasteiger partial charge < -0.3 is 0 Å². The summed E-state index contributed by atoms with van der Waals surface area (Å²) in [5.41, 5.74) is 4.55. The zero-order valence-electron chi connectivity index (χ0n) is 19.8. The molecule has 0 bridgehead atoms. The molecular weight excluding hydrogens is 532 g/mol. The standard InChI is InChI=1S/C26H42Br2N2S/c1-3-5-7-9-11-13-15-17-19-21-22(20-18-16-14-12-10-8-6-4-2)30-24-23(29-21)25(27)31-26(24)28/h3-20H2,1-2H3. The second kappa shape index (κ2) is 16.6. The minimum absolute atomic E-state index is 1.03. The lowest BCUT2D eigenvalue weighted by Crippen LogP contribution is -2.03. The molecule has 2 rings (SSSR count).